The van der Waals surface area contributed by atoms with Gasteiger partial charge in [0.15, 0.2) is 0 Å². The Morgan fingerprint density at radius 2 is 2.29 bits per heavy atom. The van der Waals surface area contributed by atoms with Gasteiger partial charge in [0.05, 0.1) is 18.8 Å². The Hall–Kier alpha value is 0.400. The molecule has 1 saturated heterocycles. The number of ether oxygens (including phenoxy) is 2. The lowest BCUT2D eigenvalue weighted by molar-refractivity contribution is -0.110. The topological polar surface area (TPSA) is 18.5 Å². The summed E-state index contributed by atoms with van der Waals surface area (Å²) in [5.74, 6) is 0. The lowest BCUT2D eigenvalue weighted by Crippen LogP contribution is -2.52. The maximum Gasteiger partial charge on any atom is 0.0809 e. The van der Waals surface area contributed by atoms with Crippen LogP contribution in [0.5, 0.6) is 0 Å². The summed E-state index contributed by atoms with van der Waals surface area (Å²) in [6.07, 6.45) is 4.28. The van der Waals surface area contributed by atoms with E-state index in [1.54, 1.807) is 0 Å². The van der Waals surface area contributed by atoms with Gasteiger partial charge < -0.3 is 9.47 Å². The van der Waals surface area contributed by atoms with E-state index < -0.39 is 0 Å². The molecule has 0 amide bonds. The van der Waals surface area contributed by atoms with Gasteiger partial charge in [-0.15, -0.1) is 0 Å². The smallest absolute Gasteiger partial charge is 0.0809 e. The maximum absolute atomic E-state index is 5.89. The highest BCUT2D eigenvalue weighted by atomic mass is 79.9. The second kappa shape index (κ2) is 4.11. The van der Waals surface area contributed by atoms with Crippen LogP contribution in [-0.2, 0) is 9.47 Å². The molecule has 1 aliphatic carbocycles. The van der Waals surface area contributed by atoms with Crippen molar-refractivity contribution in [3.8, 4) is 0 Å². The van der Waals surface area contributed by atoms with Gasteiger partial charge in [-0.25, -0.2) is 0 Å². The highest BCUT2D eigenvalue weighted by molar-refractivity contribution is 9.09. The lowest BCUT2D eigenvalue weighted by Gasteiger charge is -2.49. The Kier molecular flexibility index (Phi) is 3.20. The molecule has 2 nitrogen and oxygen atoms in total. The second-order valence-electron chi connectivity index (χ2n) is 4.98. The summed E-state index contributed by atoms with van der Waals surface area (Å²) >= 11 is 3.66. The Bertz CT molecular complexity index is 199. The van der Waals surface area contributed by atoms with Gasteiger partial charge in [-0.2, -0.15) is 0 Å². The first-order chi connectivity index (χ1) is 6.60. The van der Waals surface area contributed by atoms with Crippen LogP contribution in [0.3, 0.4) is 0 Å². The van der Waals surface area contributed by atoms with Crippen LogP contribution in [0.1, 0.15) is 33.1 Å². The van der Waals surface area contributed by atoms with Crippen LogP contribution in [-0.4, -0.2) is 30.2 Å². The van der Waals surface area contributed by atoms with E-state index in [2.05, 4.69) is 29.8 Å². The van der Waals surface area contributed by atoms with Crippen molar-refractivity contribution in [1.29, 1.82) is 0 Å². The predicted molar refractivity (Wildman–Crippen MR) is 59.8 cm³/mol. The molecule has 2 fully saturated rings. The molecule has 82 valence electrons. The summed E-state index contributed by atoms with van der Waals surface area (Å²) in [6.45, 7) is 6.23. The van der Waals surface area contributed by atoms with E-state index >= 15 is 0 Å². The van der Waals surface area contributed by atoms with Crippen LogP contribution in [0.2, 0.25) is 0 Å². The normalized spacial score (nSPS) is 40.9. The van der Waals surface area contributed by atoms with Gasteiger partial charge in [-0.05, 0) is 19.3 Å². The van der Waals surface area contributed by atoms with Gasteiger partial charge in [0, 0.05) is 16.8 Å². The van der Waals surface area contributed by atoms with Crippen molar-refractivity contribution in [3.05, 3.63) is 0 Å². The van der Waals surface area contributed by atoms with Crippen LogP contribution < -0.4 is 0 Å². The van der Waals surface area contributed by atoms with Crippen molar-refractivity contribution in [2.75, 3.05) is 13.2 Å². The first-order valence-electron chi connectivity index (χ1n) is 5.48. The van der Waals surface area contributed by atoms with E-state index in [4.69, 9.17) is 9.47 Å². The standard InChI is InChI=1S/C11H19BrO2/c1-11(2)9(12)6-10(11)14-7-8-4-3-5-13-8/h8-10H,3-7H2,1-2H3. The summed E-state index contributed by atoms with van der Waals surface area (Å²) in [4.78, 5) is 0.615. The molecule has 0 radical (unpaired) electrons. The van der Waals surface area contributed by atoms with Crippen molar-refractivity contribution >= 4 is 15.9 Å². The zero-order valence-electron chi connectivity index (χ0n) is 8.96. The van der Waals surface area contributed by atoms with Gasteiger partial charge in [-0.3, -0.25) is 0 Å². The summed E-state index contributed by atoms with van der Waals surface area (Å²) in [5.41, 5.74) is 0.290. The fraction of sp³-hybridized carbons (Fsp3) is 1.00. The molecule has 3 unspecified atom stereocenters. The van der Waals surface area contributed by atoms with Crippen molar-refractivity contribution in [3.63, 3.8) is 0 Å². The predicted octanol–water partition coefficient (Wildman–Crippen LogP) is 2.74. The molecule has 0 aromatic heterocycles. The Labute approximate surface area is 94.5 Å². The molecule has 2 rings (SSSR count). The third-order valence-corrected chi connectivity index (χ3v) is 5.12. The second-order valence-corrected chi connectivity index (χ2v) is 6.09. The van der Waals surface area contributed by atoms with Crippen LogP contribution in [0.15, 0.2) is 0 Å². The van der Waals surface area contributed by atoms with E-state index in [0.29, 0.717) is 22.5 Å². The van der Waals surface area contributed by atoms with Crippen molar-refractivity contribution < 1.29 is 9.47 Å². The Morgan fingerprint density at radius 1 is 1.50 bits per heavy atom. The monoisotopic (exact) mass is 262 g/mol. The minimum absolute atomic E-state index is 0.290. The summed E-state index contributed by atoms with van der Waals surface area (Å²) in [6, 6.07) is 0. The molecule has 1 heterocycles. The highest BCUT2D eigenvalue weighted by Crippen LogP contribution is 2.47. The first kappa shape index (κ1) is 10.9. The largest absolute Gasteiger partial charge is 0.376 e. The van der Waals surface area contributed by atoms with E-state index in [-0.39, 0.29) is 0 Å². The fourth-order valence-corrected chi connectivity index (χ4v) is 2.75. The zero-order valence-corrected chi connectivity index (χ0v) is 10.5. The maximum atomic E-state index is 5.89. The van der Waals surface area contributed by atoms with E-state index in [9.17, 15) is 0 Å². The first-order valence-corrected chi connectivity index (χ1v) is 6.39. The molecule has 0 spiro atoms. The molecule has 1 saturated carbocycles. The Morgan fingerprint density at radius 3 is 2.79 bits per heavy atom. The van der Waals surface area contributed by atoms with E-state index in [1.807, 2.05) is 0 Å². The van der Waals surface area contributed by atoms with Crippen LogP contribution in [0, 0.1) is 5.41 Å². The molecule has 0 bridgehead atoms. The van der Waals surface area contributed by atoms with E-state index in [0.717, 1.165) is 19.6 Å². The molecule has 0 aromatic carbocycles. The van der Waals surface area contributed by atoms with Crippen molar-refractivity contribution in [2.24, 2.45) is 5.41 Å². The molecule has 2 aliphatic rings. The van der Waals surface area contributed by atoms with Gasteiger partial charge in [0.25, 0.3) is 0 Å². The molecule has 0 aromatic rings. The van der Waals surface area contributed by atoms with Crippen LogP contribution in [0.25, 0.3) is 0 Å². The van der Waals surface area contributed by atoms with Gasteiger partial charge in [0.1, 0.15) is 0 Å². The average Bonchev–Trinajstić information content (AvgIpc) is 2.64. The van der Waals surface area contributed by atoms with Gasteiger partial charge in [-0.1, -0.05) is 29.8 Å². The third-order valence-electron chi connectivity index (χ3n) is 3.57. The van der Waals surface area contributed by atoms with E-state index in [1.165, 1.54) is 12.8 Å². The van der Waals surface area contributed by atoms with Crippen LogP contribution >= 0.6 is 15.9 Å². The molecule has 0 N–H and O–H groups in total. The molecule has 3 atom stereocenters. The summed E-state index contributed by atoms with van der Waals surface area (Å²) in [7, 11) is 0. The minimum Gasteiger partial charge on any atom is -0.376 e. The van der Waals surface area contributed by atoms with Gasteiger partial charge >= 0.3 is 0 Å². The number of hydrogen-bond donors (Lipinski definition) is 0. The number of rotatable bonds is 3. The molecule has 1 aliphatic heterocycles. The van der Waals surface area contributed by atoms with Crippen molar-refractivity contribution in [1.82, 2.24) is 0 Å². The quantitative estimate of drug-likeness (QED) is 0.729. The SMILES string of the molecule is CC1(C)C(Br)CC1OCC1CCCO1. The zero-order chi connectivity index (χ0) is 10.2. The molecular formula is C11H19BrO2. The third kappa shape index (κ3) is 2.00. The van der Waals surface area contributed by atoms with Crippen molar-refractivity contribution in [2.45, 2.75) is 50.1 Å². The summed E-state index contributed by atoms with van der Waals surface area (Å²) in [5, 5.41) is 0. The van der Waals surface area contributed by atoms with Gasteiger partial charge in [0.2, 0.25) is 0 Å². The molecule has 14 heavy (non-hydrogen) atoms. The number of hydrogen-bond acceptors (Lipinski definition) is 2. The lowest BCUT2D eigenvalue weighted by atomic mass is 9.69. The molecule has 3 heteroatoms. The highest BCUT2D eigenvalue weighted by Gasteiger charge is 2.47. The number of alkyl halides is 1. The molecular weight excluding hydrogens is 244 g/mol. The van der Waals surface area contributed by atoms with Crippen LogP contribution in [0.4, 0.5) is 0 Å². The fourth-order valence-electron chi connectivity index (χ4n) is 2.12. The Balaban J connectivity index is 1.71. The number of halogens is 1. The average molecular weight is 263 g/mol. The minimum atomic E-state index is 0.290. The summed E-state index contributed by atoms with van der Waals surface area (Å²) < 4.78 is 11.4.